The van der Waals surface area contributed by atoms with Crippen molar-refractivity contribution in [2.24, 2.45) is 0 Å². The van der Waals surface area contributed by atoms with Crippen molar-refractivity contribution < 1.29 is 23.4 Å². The smallest absolute Gasteiger partial charge is 0.242 e. The number of halogens is 1. The maximum absolute atomic E-state index is 13.8. The zero-order valence-corrected chi connectivity index (χ0v) is 18.6. The van der Waals surface area contributed by atoms with Gasteiger partial charge in [-0.2, -0.15) is 0 Å². The van der Waals surface area contributed by atoms with Crippen molar-refractivity contribution in [2.75, 3.05) is 26.9 Å². The number of hydrogen-bond acceptors (Lipinski definition) is 6. The van der Waals surface area contributed by atoms with E-state index in [-0.39, 0.29) is 23.6 Å². The highest BCUT2D eigenvalue weighted by atomic mass is 32.2. The number of nitrogens with zero attached hydrogens (tertiary/aromatic N) is 1. The van der Waals surface area contributed by atoms with Gasteiger partial charge in [0, 0.05) is 12.7 Å². The third-order valence-corrected chi connectivity index (χ3v) is 6.18. The molecule has 0 radical (unpaired) electrons. The van der Waals surface area contributed by atoms with Crippen LogP contribution < -0.4 is 9.47 Å². The van der Waals surface area contributed by atoms with Gasteiger partial charge in [0.1, 0.15) is 16.7 Å². The lowest BCUT2D eigenvalue weighted by atomic mass is 10.1. The van der Waals surface area contributed by atoms with Crippen LogP contribution in [0.1, 0.15) is 18.1 Å². The summed E-state index contributed by atoms with van der Waals surface area (Å²) in [6, 6.07) is 12.1. The largest absolute Gasteiger partial charge is 0.490 e. The van der Waals surface area contributed by atoms with Crippen LogP contribution in [0.3, 0.4) is 0 Å². The Bertz CT molecular complexity index is 908. The molecule has 0 N–H and O–H groups in total. The van der Waals surface area contributed by atoms with Gasteiger partial charge in [-0.1, -0.05) is 48.2 Å². The number of carbonyl (C=O) groups is 1. The predicted molar refractivity (Wildman–Crippen MR) is 120 cm³/mol. The molecule has 1 fully saturated rings. The summed E-state index contributed by atoms with van der Waals surface area (Å²) in [5, 5.41) is -0.269. The first-order chi connectivity index (χ1) is 14.5. The fraction of sp³-hybridized carbons (Fsp3) is 0.364. The second kappa shape index (κ2) is 10.7. The van der Waals surface area contributed by atoms with Gasteiger partial charge < -0.3 is 14.2 Å². The van der Waals surface area contributed by atoms with Crippen LogP contribution in [0.25, 0.3) is 0 Å². The summed E-state index contributed by atoms with van der Waals surface area (Å²) in [6.45, 7) is 3.36. The molecular weight excluding hydrogens is 425 g/mol. The molecule has 1 atom stereocenters. The summed E-state index contributed by atoms with van der Waals surface area (Å²) in [5.74, 6) is 0.796. The average Bonchev–Trinajstić information content (AvgIpc) is 2.99. The normalized spacial score (nSPS) is 16.2. The van der Waals surface area contributed by atoms with E-state index in [2.05, 4.69) is 0 Å². The van der Waals surface area contributed by atoms with Crippen LogP contribution in [0.5, 0.6) is 11.5 Å². The molecule has 0 unspecified atom stereocenters. The minimum absolute atomic E-state index is 0.000103. The van der Waals surface area contributed by atoms with Crippen LogP contribution in [-0.2, 0) is 22.6 Å². The fourth-order valence-corrected chi connectivity index (χ4v) is 4.65. The number of ether oxygens (including phenoxy) is 3. The van der Waals surface area contributed by atoms with Gasteiger partial charge in [-0.15, -0.1) is 0 Å². The highest BCUT2D eigenvalue weighted by Crippen LogP contribution is 2.34. The van der Waals surface area contributed by atoms with Gasteiger partial charge in [0.2, 0.25) is 5.91 Å². The first-order valence-corrected chi connectivity index (χ1v) is 10.9. The Labute approximate surface area is 185 Å². The van der Waals surface area contributed by atoms with E-state index < -0.39 is 0 Å². The summed E-state index contributed by atoms with van der Waals surface area (Å²) in [7, 11) is 1.60. The van der Waals surface area contributed by atoms with Gasteiger partial charge in [0.25, 0.3) is 0 Å². The molecule has 160 valence electrons. The Morgan fingerprint density at radius 2 is 1.97 bits per heavy atom. The molecule has 0 bridgehead atoms. The monoisotopic (exact) mass is 449 g/mol. The number of rotatable bonds is 10. The predicted octanol–water partition coefficient (Wildman–Crippen LogP) is 4.22. The van der Waals surface area contributed by atoms with Crippen molar-refractivity contribution in [3.05, 3.63) is 59.4 Å². The topological polar surface area (TPSA) is 48.0 Å². The molecular formula is C22H24FNO4S2. The van der Waals surface area contributed by atoms with Crippen molar-refractivity contribution in [2.45, 2.75) is 25.2 Å². The van der Waals surface area contributed by atoms with E-state index in [1.54, 1.807) is 36.3 Å². The van der Waals surface area contributed by atoms with E-state index in [0.29, 0.717) is 47.6 Å². The van der Waals surface area contributed by atoms with Crippen LogP contribution in [-0.4, -0.2) is 47.2 Å². The Morgan fingerprint density at radius 3 is 2.70 bits per heavy atom. The summed E-state index contributed by atoms with van der Waals surface area (Å²) in [5.41, 5.74) is 1.42. The molecule has 2 aromatic rings. The van der Waals surface area contributed by atoms with Crippen LogP contribution in [0, 0.1) is 5.82 Å². The van der Waals surface area contributed by atoms with E-state index in [9.17, 15) is 9.18 Å². The van der Waals surface area contributed by atoms with E-state index in [4.69, 9.17) is 26.4 Å². The van der Waals surface area contributed by atoms with Gasteiger partial charge in [-0.05, 0) is 37.1 Å². The standard InChI is InChI=1S/C22H24FNO4S2/c1-3-27-19-12-15(13-20-21(25)24(10-11-26-2)22(29)30-20)8-9-18(19)28-14-16-6-4-5-7-17(16)23/h4-9,12,20H,3,10-11,13-14H2,1-2H3/t20-/m0/s1. The van der Waals surface area contributed by atoms with Gasteiger partial charge in [0.05, 0.1) is 25.0 Å². The lowest BCUT2D eigenvalue weighted by Gasteiger charge is -2.16. The molecule has 1 amide bonds. The first-order valence-electron chi connectivity index (χ1n) is 9.66. The lowest BCUT2D eigenvalue weighted by Crippen LogP contribution is -2.34. The zero-order chi connectivity index (χ0) is 21.5. The number of thioether (sulfide) groups is 1. The fourth-order valence-electron chi connectivity index (χ4n) is 3.06. The molecule has 0 saturated carbocycles. The molecule has 8 heteroatoms. The van der Waals surface area contributed by atoms with Gasteiger partial charge >= 0.3 is 0 Å². The van der Waals surface area contributed by atoms with Crippen molar-refractivity contribution in [3.8, 4) is 11.5 Å². The zero-order valence-electron chi connectivity index (χ0n) is 16.9. The molecule has 5 nitrogen and oxygen atoms in total. The third kappa shape index (κ3) is 5.50. The maximum atomic E-state index is 13.8. The Hall–Kier alpha value is -2.16. The number of benzene rings is 2. The third-order valence-electron chi connectivity index (χ3n) is 4.59. The highest BCUT2D eigenvalue weighted by Gasteiger charge is 2.36. The molecule has 0 aliphatic carbocycles. The molecule has 2 aromatic carbocycles. The first kappa shape index (κ1) is 22.5. The van der Waals surface area contributed by atoms with Gasteiger partial charge in [-0.25, -0.2) is 4.39 Å². The van der Waals surface area contributed by atoms with Gasteiger partial charge in [0.15, 0.2) is 11.5 Å². The molecule has 0 aromatic heterocycles. The quantitative estimate of drug-likeness (QED) is 0.506. The minimum atomic E-state index is -0.308. The second-order valence-electron chi connectivity index (χ2n) is 6.65. The van der Waals surface area contributed by atoms with Crippen molar-refractivity contribution in [3.63, 3.8) is 0 Å². The van der Waals surface area contributed by atoms with E-state index in [0.717, 1.165) is 5.56 Å². The summed E-state index contributed by atoms with van der Waals surface area (Å²) < 4.78 is 31.0. The van der Waals surface area contributed by atoms with Crippen LogP contribution in [0.15, 0.2) is 42.5 Å². The molecule has 1 saturated heterocycles. The molecule has 3 rings (SSSR count). The number of methoxy groups -OCH3 is 1. The van der Waals surface area contributed by atoms with E-state index >= 15 is 0 Å². The van der Waals surface area contributed by atoms with Crippen LogP contribution in [0.4, 0.5) is 4.39 Å². The number of thiocarbonyl (C=S) groups is 1. The number of amides is 1. The van der Waals surface area contributed by atoms with Crippen LogP contribution >= 0.6 is 24.0 Å². The average molecular weight is 450 g/mol. The second-order valence-corrected chi connectivity index (χ2v) is 8.49. The van der Waals surface area contributed by atoms with E-state index in [1.807, 2.05) is 19.1 Å². The van der Waals surface area contributed by atoms with Gasteiger partial charge in [-0.3, -0.25) is 9.69 Å². The molecule has 0 spiro atoms. The van der Waals surface area contributed by atoms with Crippen molar-refractivity contribution >= 4 is 34.2 Å². The number of hydrogen-bond donors (Lipinski definition) is 0. The Morgan fingerprint density at radius 1 is 1.17 bits per heavy atom. The van der Waals surface area contributed by atoms with Crippen molar-refractivity contribution in [1.29, 1.82) is 0 Å². The molecule has 1 aliphatic heterocycles. The minimum Gasteiger partial charge on any atom is -0.490 e. The lowest BCUT2D eigenvalue weighted by molar-refractivity contribution is -0.126. The molecule has 30 heavy (non-hydrogen) atoms. The Balaban J connectivity index is 1.69. The van der Waals surface area contributed by atoms with E-state index in [1.165, 1.54) is 17.8 Å². The summed E-state index contributed by atoms with van der Waals surface area (Å²) in [6.07, 6.45) is 0.529. The van der Waals surface area contributed by atoms with Crippen LogP contribution in [0.2, 0.25) is 0 Å². The SMILES string of the molecule is CCOc1cc(C[C@@H]2SC(=S)N(CCOC)C2=O)ccc1OCc1ccccc1F. The maximum Gasteiger partial charge on any atom is 0.242 e. The summed E-state index contributed by atoms with van der Waals surface area (Å²) >= 11 is 6.74. The summed E-state index contributed by atoms with van der Waals surface area (Å²) in [4.78, 5) is 14.3. The molecule has 1 aliphatic rings. The highest BCUT2D eigenvalue weighted by molar-refractivity contribution is 8.24. The molecule has 1 heterocycles. The number of carbonyl (C=O) groups excluding carboxylic acids is 1. The van der Waals surface area contributed by atoms with Crippen molar-refractivity contribution in [1.82, 2.24) is 4.90 Å². The Kier molecular flexibility index (Phi) is 8.07.